The van der Waals surface area contributed by atoms with Gasteiger partial charge in [-0.05, 0) is 24.1 Å². The van der Waals surface area contributed by atoms with E-state index in [2.05, 4.69) is 4.98 Å². The van der Waals surface area contributed by atoms with Crippen LogP contribution in [-0.2, 0) is 16.9 Å². The van der Waals surface area contributed by atoms with Crippen molar-refractivity contribution in [2.24, 2.45) is 0 Å². The van der Waals surface area contributed by atoms with Gasteiger partial charge in [0.15, 0.2) is 0 Å². The second-order valence-corrected chi connectivity index (χ2v) is 8.21. The summed E-state index contributed by atoms with van der Waals surface area (Å²) >= 11 is 4.73. The Kier molecular flexibility index (Phi) is 6.05. The fraction of sp³-hybridized carbons (Fsp3) is 0.250. The summed E-state index contributed by atoms with van der Waals surface area (Å²) in [6.07, 6.45) is 3.75. The van der Waals surface area contributed by atoms with E-state index in [0.29, 0.717) is 11.3 Å². The molecular formula is C20H17ClF2N2OS. The van der Waals surface area contributed by atoms with Crippen LogP contribution in [-0.4, -0.2) is 15.8 Å². The Hall–Kier alpha value is -2.07. The molecule has 1 unspecified atom stereocenters. The number of fused-ring (bicyclic) bond motifs is 1. The van der Waals surface area contributed by atoms with Crippen LogP contribution in [0.3, 0.4) is 0 Å². The van der Waals surface area contributed by atoms with E-state index in [1.807, 2.05) is 24.3 Å². The molecule has 3 rings (SSSR count). The van der Waals surface area contributed by atoms with Gasteiger partial charge in [-0.3, -0.25) is 0 Å². The predicted molar refractivity (Wildman–Crippen MR) is 104 cm³/mol. The number of aromatic amines is 1. The number of nitrogens with zero attached hydrogens (tertiary/aromatic N) is 1. The van der Waals surface area contributed by atoms with Crippen LogP contribution in [0, 0.1) is 23.0 Å². The van der Waals surface area contributed by atoms with Crippen LogP contribution < -0.4 is 0 Å². The minimum atomic E-state index is -1.02. The minimum Gasteiger partial charge on any atom is -0.616 e. The van der Waals surface area contributed by atoms with Gasteiger partial charge in [0.1, 0.15) is 17.4 Å². The zero-order chi connectivity index (χ0) is 19.6. The van der Waals surface area contributed by atoms with Crippen LogP contribution >= 0.6 is 11.6 Å². The number of hydrogen-bond donors (Lipinski definition) is 1. The normalized spacial score (nSPS) is 13.5. The van der Waals surface area contributed by atoms with Crippen molar-refractivity contribution in [3.8, 4) is 6.07 Å². The van der Waals surface area contributed by atoms with Crippen LogP contribution in [0.2, 0.25) is 5.02 Å². The predicted octanol–water partition coefficient (Wildman–Crippen LogP) is 5.41. The van der Waals surface area contributed by atoms with E-state index in [1.165, 1.54) is 0 Å². The van der Waals surface area contributed by atoms with E-state index in [4.69, 9.17) is 16.9 Å². The first-order valence-electron chi connectivity index (χ1n) is 8.32. The summed E-state index contributed by atoms with van der Waals surface area (Å²) < 4.78 is 40.8. The minimum absolute atomic E-state index is 0.0144. The molecule has 0 saturated heterocycles. The number of nitrogens with one attached hydrogen (secondary N) is 1. The number of benzene rings is 2. The standard InChI is InChI=1S/C20H17ClF2N2OS/c1-27(26)11-12-4-2-5-15-16(10-25-20(12)15)14(6-3-7-24)19-17(22)8-13(21)9-18(19)23/h2,4-5,8-10,14,25H,3,6,11H2,1H3/t14?,27-/m0/s1. The van der Waals surface area contributed by atoms with Crippen molar-refractivity contribution in [3.63, 3.8) is 0 Å². The molecule has 140 valence electrons. The molecule has 3 aromatic rings. The smallest absolute Gasteiger partial charge is 0.132 e. The first-order chi connectivity index (χ1) is 12.9. The van der Waals surface area contributed by atoms with Crippen molar-refractivity contribution in [2.75, 3.05) is 6.26 Å². The zero-order valence-electron chi connectivity index (χ0n) is 14.6. The van der Waals surface area contributed by atoms with Gasteiger partial charge in [-0.2, -0.15) is 5.26 Å². The maximum absolute atomic E-state index is 14.6. The molecule has 0 bridgehead atoms. The number of para-hydroxylation sites is 1. The van der Waals surface area contributed by atoms with Gasteiger partial charge in [-0.25, -0.2) is 8.78 Å². The highest BCUT2D eigenvalue weighted by molar-refractivity contribution is 7.89. The summed E-state index contributed by atoms with van der Waals surface area (Å²) in [7, 11) is 0. The summed E-state index contributed by atoms with van der Waals surface area (Å²) in [5.74, 6) is -1.73. The van der Waals surface area contributed by atoms with E-state index in [0.717, 1.165) is 28.6 Å². The summed E-state index contributed by atoms with van der Waals surface area (Å²) in [5, 5.41) is 9.78. The average molecular weight is 407 g/mol. The van der Waals surface area contributed by atoms with Gasteiger partial charge in [-0.15, -0.1) is 0 Å². The third-order valence-corrected chi connectivity index (χ3v) is 5.44. The molecule has 1 N–H and O–H groups in total. The highest BCUT2D eigenvalue weighted by Crippen LogP contribution is 2.38. The number of hydrogen-bond acceptors (Lipinski definition) is 2. The Balaban J connectivity index is 2.16. The van der Waals surface area contributed by atoms with Crippen molar-refractivity contribution in [2.45, 2.75) is 24.5 Å². The van der Waals surface area contributed by atoms with Gasteiger partial charge in [0.25, 0.3) is 0 Å². The number of H-pyrrole nitrogens is 1. The van der Waals surface area contributed by atoms with E-state index >= 15 is 0 Å². The molecule has 0 saturated carbocycles. The molecule has 7 heteroatoms. The number of aromatic nitrogens is 1. The molecule has 0 aliphatic rings. The molecule has 0 fully saturated rings. The van der Waals surface area contributed by atoms with Crippen molar-refractivity contribution < 1.29 is 13.3 Å². The molecule has 0 aliphatic carbocycles. The number of rotatable bonds is 6. The topological polar surface area (TPSA) is 62.6 Å². The van der Waals surface area contributed by atoms with Crippen LogP contribution in [0.4, 0.5) is 8.78 Å². The second kappa shape index (κ2) is 8.30. The van der Waals surface area contributed by atoms with E-state index in [-0.39, 0.29) is 23.4 Å². The Bertz CT molecular complexity index is 990. The molecule has 3 nitrogen and oxygen atoms in total. The van der Waals surface area contributed by atoms with Gasteiger partial charge in [0, 0.05) is 40.1 Å². The van der Waals surface area contributed by atoms with Crippen molar-refractivity contribution in [3.05, 3.63) is 69.9 Å². The lowest BCUT2D eigenvalue weighted by molar-refractivity contribution is 0.533. The molecular weight excluding hydrogens is 390 g/mol. The van der Waals surface area contributed by atoms with E-state index < -0.39 is 28.7 Å². The fourth-order valence-corrected chi connectivity index (χ4v) is 4.29. The molecule has 2 atom stereocenters. The van der Waals surface area contributed by atoms with Gasteiger partial charge in [0.05, 0.1) is 17.8 Å². The maximum Gasteiger partial charge on any atom is 0.132 e. The highest BCUT2D eigenvalue weighted by atomic mass is 35.5. The Labute approximate surface area is 164 Å². The highest BCUT2D eigenvalue weighted by Gasteiger charge is 2.25. The van der Waals surface area contributed by atoms with E-state index in [1.54, 1.807) is 12.5 Å². The van der Waals surface area contributed by atoms with Crippen molar-refractivity contribution in [1.29, 1.82) is 5.26 Å². The quantitative estimate of drug-likeness (QED) is 0.556. The first-order valence-corrected chi connectivity index (χ1v) is 10.4. The zero-order valence-corrected chi connectivity index (χ0v) is 16.1. The van der Waals surface area contributed by atoms with Gasteiger partial charge in [-0.1, -0.05) is 41.0 Å². The largest absolute Gasteiger partial charge is 0.616 e. The Morgan fingerprint density at radius 1 is 1.30 bits per heavy atom. The Morgan fingerprint density at radius 2 is 2.00 bits per heavy atom. The first kappa shape index (κ1) is 19.7. The number of halogens is 3. The van der Waals surface area contributed by atoms with Crippen molar-refractivity contribution in [1.82, 2.24) is 4.98 Å². The molecule has 1 aromatic heterocycles. The summed E-state index contributed by atoms with van der Waals surface area (Å²) in [6, 6.07) is 9.77. The summed E-state index contributed by atoms with van der Waals surface area (Å²) in [4.78, 5) is 3.15. The average Bonchev–Trinajstić information content (AvgIpc) is 3.01. The fourth-order valence-electron chi connectivity index (χ4n) is 3.42. The SMILES string of the molecule is C[S@+]([O-])Cc1cccc2c(C(CCC#N)c3c(F)cc(Cl)cc3F)c[nH]c12. The molecule has 0 spiro atoms. The summed E-state index contributed by atoms with van der Waals surface area (Å²) in [5.41, 5.74) is 2.26. The van der Waals surface area contributed by atoms with Gasteiger partial charge < -0.3 is 9.54 Å². The number of nitriles is 1. The van der Waals surface area contributed by atoms with Gasteiger partial charge in [0.2, 0.25) is 0 Å². The molecule has 27 heavy (non-hydrogen) atoms. The van der Waals surface area contributed by atoms with Crippen LogP contribution in [0.5, 0.6) is 0 Å². The molecule has 0 aliphatic heterocycles. The maximum atomic E-state index is 14.6. The Morgan fingerprint density at radius 3 is 2.63 bits per heavy atom. The van der Waals surface area contributed by atoms with Crippen LogP contribution in [0.1, 0.15) is 35.4 Å². The van der Waals surface area contributed by atoms with Crippen molar-refractivity contribution >= 4 is 33.7 Å². The molecule has 2 aromatic carbocycles. The van der Waals surface area contributed by atoms with Crippen LogP contribution in [0.25, 0.3) is 10.9 Å². The lowest BCUT2D eigenvalue weighted by Gasteiger charge is -2.18. The third-order valence-electron chi connectivity index (χ3n) is 4.51. The lowest BCUT2D eigenvalue weighted by atomic mass is 9.86. The monoisotopic (exact) mass is 406 g/mol. The summed E-state index contributed by atoms with van der Waals surface area (Å²) in [6.45, 7) is 0. The van der Waals surface area contributed by atoms with E-state index in [9.17, 15) is 13.3 Å². The van der Waals surface area contributed by atoms with Gasteiger partial charge >= 0.3 is 0 Å². The van der Waals surface area contributed by atoms with Crippen LogP contribution in [0.15, 0.2) is 36.5 Å². The molecule has 0 radical (unpaired) electrons. The molecule has 1 heterocycles. The lowest BCUT2D eigenvalue weighted by Crippen LogP contribution is -2.07. The third kappa shape index (κ3) is 4.11. The second-order valence-electron chi connectivity index (χ2n) is 6.33. The molecule has 0 amide bonds.